The summed E-state index contributed by atoms with van der Waals surface area (Å²) in [6, 6.07) is 26.8. The van der Waals surface area contributed by atoms with E-state index in [2.05, 4.69) is 16.0 Å². The standard InChI is InChI=1S/C52H61ClN5O10P/c1-32(50(64)55-4)24-47(62)45(26-36-15-21-42(60)22-16-36)56-52(66)40(29-43(61)30-44(54)38-19-17-37(18-20-38)39-12-8-13-41(53)28-39)31-69(67,68)49(27-35-10-6-5-7-11-35)57-51(65)33(2)25-48(63)46-14-9-23-58(46)34(3)59/h5-8,10-13,15-22,28,30,32-33,40,45-46,49,60H,9,14,23-27,29,31,54H2,1-4H3,(H,55,64)(H,56,66)(H,57,65)(H,67,68)/t32-,33-,40?,45-,46-,49+/m0/s1. The number of aromatic hydroxyl groups is 1. The van der Waals surface area contributed by atoms with Crippen LogP contribution in [0.15, 0.2) is 109 Å². The van der Waals surface area contributed by atoms with Crippen LogP contribution in [0.2, 0.25) is 5.02 Å². The number of nitrogens with one attached hydrogen (secondary N) is 3. The molecule has 4 amide bonds. The van der Waals surface area contributed by atoms with Crippen molar-refractivity contribution < 1.29 is 48.1 Å². The van der Waals surface area contributed by atoms with Gasteiger partial charge in [0.1, 0.15) is 11.5 Å². The van der Waals surface area contributed by atoms with Gasteiger partial charge < -0.3 is 36.6 Å². The van der Waals surface area contributed by atoms with Crippen LogP contribution in [0.4, 0.5) is 0 Å². The Balaban J connectivity index is 1.46. The highest BCUT2D eigenvalue weighted by Crippen LogP contribution is 2.49. The van der Waals surface area contributed by atoms with Crippen molar-refractivity contribution in [2.45, 2.75) is 83.6 Å². The Morgan fingerprint density at radius 2 is 1.45 bits per heavy atom. The molecule has 0 aliphatic carbocycles. The molecule has 17 heteroatoms. The lowest BCUT2D eigenvalue weighted by molar-refractivity contribution is -0.137. The minimum absolute atomic E-state index is 0.0351. The highest BCUT2D eigenvalue weighted by molar-refractivity contribution is 7.58. The lowest BCUT2D eigenvalue weighted by Crippen LogP contribution is -2.47. The molecule has 2 unspecified atom stereocenters. The molecule has 15 nitrogen and oxygen atoms in total. The second-order valence-electron chi connectivity index (χ2n) is 17.8. The van der Waals surface area contributed by atoms with E-state index in [4.69, 9.17) is 17.3 Å². The zero-order valence-corrected chi connectivity index (χ0v) is 40.9. The number of rotatable bonds is 23. The number of benzene rings is 4. The summed E-state index contributed by atoms with van der Waals surface area (Å²) in [5, 5.41) is 18.4. The van der Waals surface area contributed by atoms with Crippen LogP contribution in [-0.2, 0) is 51.0 Å². The van der Waals surface area contributed by atoms with E-state index in [-0.39, 0.29) is 48.8 Å². The van der Waals surface area contributed by atoms with Gasteiger partial charge in [0.05, 0.1) is 18.0 Å². The normalized spacial score (nSPS) is 16.8. The van der Waals surface area contributed by atoms with E-state index in [1.807, 2.05) is 12.1 Å². The van der Waals surface area contributed by atoms with Gasteiger partial charge in [-0.3, -0.25) is 38.1 Å². The SMILES string of the molecule is CNC(=O)[C@@H](C)CC(=O)[C@H](Cc1ccc(O)cc1)NC(=O)C(CC(=O)C=C(N)c1ccc(-c2cccc(Cl)c2)cc1)CP(=O)(O)[C@H](Cc1ccccc1)NC(=O)[C@@H](C)CC(=O)[C@@H]1CCCN1C(C)=O. The first-order valence-electron chi connectivity index (χ1n) is 22.9. The van der Waals surface area contributed by atoms with E-state index < -0.39 is 84.9 Å². The molecule has 0 radical (unpaired) electrons. The quantitative estimate of drug-likeness (QED) is 0.0360. The summed E-state index contributed by atoms with van der Waals surface area (Å²) in [7, 11) is -3.30. The average molecular weight is 983 g/mol. The molecule has 0 spiro atoms. The number of nitrogens with zero attached hydrogens (tertiary/aromatic N) is 1. The van der Waals surface area contributed by atoms with Crippen LogP contribution in [0, 0.1) is 17.8 Å². The molecule has 4 aromatic carbocycles. The third-order valence-corrected chi connectivity index (χ3v) is 14.8. The van der Waals surface area contributed by atoms with E-state index in [9.17, 15) is 48.1 Å². The smallest absolute Gasteiger partial charge is 0.224 e. The summed E-state index contributed by atoms with van der Waals surface area (Å²) in [4.78, 5) is 108. The van der Waals surface area contributed by atoms with Gasteiger partial charge in [0.15, 0.2) is 17.3 Å². The number of hydrogen-bond donors (Lipinski definition) is 6. The Hall–Kier alpha value is -6.41. The van der Waals surface area contributed by atoms with Gasteiger partial charge in [-0.15, -0.1) is 0 Å². The van der Waals surface area contributed by atoms with E-state index in [1.165, 1.54) is 37.9 Å². The molecule has 366 valence electrons. The molecule has 0 aromatic heterocycles. The summed E-state index contributed by atoms with van der Waals surface area (Å²) in [5.74, 6) is -8.66. The number of ketones is 3. The predicted molar refractivity (Wildman–Crippen MR) is 265 cm³/mol. The molecule has 69 heavy (non-hydrogen) atoms. The molecule has 0 bridgehead atoms. The number of phenols is 1. The van der Waals surface area contributed by atoms with Crippen molar-refractivity contribution in [1.29, 1.82) is 0 Å². The molecule has 0 saturated carbocycles. The highest BCUT2D eigenvalue weighted by Gasteiger charge is 2.40. The molecule has 1 saturated heterocycles. The van der Waals surface area contributed by atoms with Crippen molar-refractivity contribution in [2.75, 3.05) is 19.8 Å². The zero-order chi connectivity index (χ0) is 50.4. The van der Waals surface area contributed by atoms with Gasteiger partial charge in [-0.2, -0.15) is 0 Å². The lowest BCUT2D eigenvalue weighted by atomic mass is 9.94. The molecule has 1 heterocycles. The maximum Gasteiger partial charge on any atom is 0.224 e. The number of nitrogens with two attached hydrogens (primary N) is 1. The number of hydrogen-bond acceptors (Lipinski definition) is 10. The first-order valence-corrected chi connectivity index (χ1v) is 25.2. The van der Waals surface area contributed by atoms with Crippen LogP contribution >= 0.6 is 19.0 Å². The van der Waals surface area contributed by atoms with Gasteiger partial charge in [0, 0.05) is 81.0 Å². The number of likely N-dealkylation sites (tertiary alicyclic amines) is 1. The number of halogens is 1. The fraction of sp³-hybridized carbons (Fsp3) is 0.365. The van der Waals surface area contributed by atoms with Crippen LogP contribution in [0.1, 0.15) is 69.6 Å². The highest BCUT2D eigenvalue weighted by atomic mass is 35.5. The molecule has 1 aliphatic rings. The largest absolute Gasteiger partial charge is 0.508 e. The van der Waals surface area contributed by atoms with Gasteiger partial charge >= 0.3 is 0 Å². The summed E-state index contributed by atoms with van der Waals surface area (Å²) in [6.45, 7) is 4.87. The summed E-state index contributed by atoms with van der Waals surface area (Å²) in [6.07, 6.45) is -0.0132. The lowest BCUT2D eigenvalue weighted by Gasteiger charge is -2.29. The van der Waals surface area contributed by atoms with Crippen molar-refractivity contribution in [1.82, 2.24) is 20.9 Å². The first kappa shape index (κ1) is 53.5. The fourth-order valence-electron chi connectivity index (χ4n) is 8.40. The van der Waals surface area contributed by atoms with E-state index in [0.717, 1.165) is 17.2 Å². The third kappa shape index (κ3) is 15.6. The number of Topliss-reactive ketones (excluding diaryl/α,β-unsaturated/α-hetero) is 2. The number of allylic oxidation sites excluding steroid dienone is 1. The minimum Gasteiger partial charge on any atom is -0.508 e. The number of carbonyl (C=O) groups excluding carboxylic acids is 7. The molecule has 1 fully saturated rings. The minimum atomic E-state index is -4.73. The molecule has 1 aliphatic heterocycles. The average Bonchev–Trinajstić information content (AvgIpc) is 3.83. The topological polar surface area (TPSA) is 242 Å². The van der Waals surface area contributed by atoms with E-state index in [0.29, 0.717) is 41.1 Å². The maximum absolute atomic E-state index is 14.9. The van der Waals surface area contributed by atoms with E-state index in [1.54, 1.807) is 85.8 Å². The molecule has 7 N–H and O–H groups in total. The number of phenolic OH excluding ortho intramolecular Hbond substituents is 1. The van der Waals surface area contributed by atoms with Crippen molar-refractivity contribution in [3.8, 4) is 16.9 Å². The molecular weight excluding hydrogens is 921 g/mol. The Morgan fingerprint density at radius 1 is 0.797 bits per heavy atom. The Morgan fingerprint density at radius 3 is 2.09 bits per heavy atom. The molecule has 5 rings (SSSR count). The van der Waals surface area contributed by atoms with Crippen molar-refractivity contribution >= 4 is 65.6 Å². The van der Waals surface area contributed by atoms with Crippen molar-refractivity contribution in [2.24, 2.45) is 23.5 Å². The van der Waals surface area contributed by atoms with E-state index >= 15 is 0 Å². The van der Waals surface area contributed by atoms with Gasteiger partial charge in [-0.25, -0.2) is 0 Å². The summed E-state index contributed by atoms with van der Waals surface area (Å²) < 4.78 is 14.9. The van der Waals surface area contributed by atoms with Crippen molar-refractivity contribution in [3.63, 3.8) is 0 Å². The van der Waals surface area contributed by atoms with Gasteiger partial charge in [-0.05, 0) is 71.3 Å². The van der Waals surface area contributed by atoms with Crippen LogP contribution < -0.4 is 21.7 Å². The van der Waals surface area contributed by atoms with Crippen LogP contribution in [0.3, 0.4) is 0 Å². The van der Waals surface area contributed by atoms with Gasteiger partial charge in [0.25, 0.3) is 0 Å². The van der Waals surface area contributed by atoms with Crippen LogP contribution in [0.25, 0.3) is 16.8 Å². The third-order valence-electron chi connectivity index (χ3n) is 12.3. The number of amides is 4. The fourth-order valence-corrected chi connectivity index (χ4v) is 10.6. The predicted octanol–water partition coefficient (Wildman–Crippen LogP) is 6.22. The van der Waals surface area contributed by atoms with Crippen LogP contribution in [0.5, 0.6) is 5.75 Å². The second-order valence-corrected chi connectivity index (χ2v) is 20.7. The zero-order valence-electron chi connectivity index (χ0n) is 39.2. The Labute approximate surface area is 407 Å². The summed E-state index contributed by atoms with van der Waals surface area (Å²) in [5.41, 5.74) is 9.76. The molecule has 4 aromatic rings. The van der Waals surface area contributed by atoms with Gasteiger partial charge in [-0.1, -0.05) is 104 Å². The monoisotopic (exact) mass is 981 g/mol. The maximum atomic E-state index is 14.9. The van der Waals surface area contributed by atoms with Gasteiger partial charge in [0.2, 0.25) is 31.0 Å². The Bertz CT molecular complexity index is 2570. The first-order chi connectivity index (χ1) is 32.7. The number of carbonyl (C=O) groups is 7. The summed E-state index contributed by atoms with van der Waals surface area (Å²) >= 11 is 6.19. The second kappa shape index (κ2) is 24.7. The molecular formula is C52H61ClN5O10P. The van der Waals surface area contributed by atoms with Crippen molar-refractivity contribution in [3.05, 3.63) is 131 Å². The van der Waals surface area contributed by atoms with Crippen LogP contribution in [-0.4, -0.2) is 93.5 Å². The molecule has 7 atom stereocenters. The Kier molecular flexibility index (Phi) is 19.2.